The highest BCUT2D eigenvalue weighted by atomic mass is 14.0. The van der Waals surface area contributed by atoms with Crippen LogP contribution in [0.5, 0.6) is 0 Å². The Bertz CT molecular complexity index is 574. The largest absolute Gasteiger partial charge is 0.103 e. The van der Waals surface area contributed by atoms with Gasteiger partial charge in [-0.3, -0.25) is 0 Å². The Hall–Kier alpha value is -1.95. The number of hydrogen-bond donors (Lipinski definition) is 0. The Morgan fingerprint density at radius 3 is 2.20 bits per heavy atom. The summed E-state index contributed by atoms with van der Waals surface area (Å²) in [5, 5.41) is 5.15. The zero-order chi connectivity index (χ0) is 10.1. The van der Waals surface area contributed by atoms with E-state index in [-0.39, 0.29) is 0 Å². The van der Waals surface area contributed by atoms with Crippen molar-refractivity contribution in [2.45, 2.75) is 0 Å². The Kier molecular flexibility index (Phi) is 1.85. The second-order valence-electron chi connectivity index (χ2n) is 3.74. The molecule has 0 saturated carbocycles. The van der Waals surface area contributed by atoms with E-state index in [1.807, 2.05) is 0 Å². The first kappa shape index (κ1) is 8.37. The van der Waals surface area contributed by atoms with E-state index in [2.05, 4.69) is 66.7 Å². The first-order valence-corrected chi connectivity index (χ1v) is 5.14. The van der Waals surface area contributed by atoms with Crippen LogP contribution in [-0.4, -0.2) is 0 Å². The van der Waals surface area contributed by atoms with E-state index < -0.39 is 0 Å². The van der Waals surface area contributed by atoms with Gasteiger partial charge in [-0.05, 0) is 30.3 Å². The predicted molar refractivity (Wildman–Crippen MR) is 65.9 cm³/mol. The highest BCUT2D eigenvalue weighted by Crippen LogP contribution is 2.19. The zero-order valence-electron chi connectivity index (χ0n) is 8.35. The van der Waals surface area contributed by atoms with E-state index in [9.17, 15) is 0 Å². The summed E-state index contributed by atoms with van der Waals surface area (Å²) in [4.78, 5) is 0. The molecule has 0 heterocycles. The molecule has 3 rings (SSSR count). The summed E-state index contributed by atoms with van der Waals surface area (Å²) < 4.78 is 0. The number of hydrogen-bond acceptors (Lipinski definition) is 0. The lowest BCUT2D eigenvalue weighted by atomic mass is 10.1. The molecule has 0 saturated heterocycles. The van der Waals surface area contributed by atoms with E-state index in [1.54, 1.807) is 0 Å². The molecule has 0 aliphatic carbocycles. The van der Waals surface area contributed by atoms with Crippen molar-refractivity contribution in [1.82, 2.24) is 0 Å². The molecule has 0 unspecified atom stereocenters. The molecule has 0 N–H and O–H groups in total. The van der Waals surface area contributed by atoms with E-state index in [4.69, 9.17) is 0 Å². The number of rotatable bonds is 0. The van der Waals surface area contributed by atoms with Gasteiger partial charge in [-0.1, -0.05) is 12.1 Å². The molecule has 0 bridgehead atoms. The van der Waals surface area contributed by atoms with Gasteiger partial charge in [0, 0.05) is 35.0 Å². The third kappa shape index (κ3) is 1.44. The average molecular weight is 191 g/mol. The lowest BCUT2D eigenvalue weighted by molar-refractivity contribution is 1.82. The van der Waals surface area contributed by atoms with Gasteiger partial charge in [0.1, 0.15) is 5.39 Å². The van der Waals surface area contributed by atoms with Crippen LogP contribution in [0.1, 0.15) is 0 Å². The SMILES string of the molecule is c1ccc2cc3ccccc3[cH+]cc2c1. The molecule has 0 fully saturated rings. The van der Waals surface area contributed by atoms with Gasteiger partial charge in [0.2, 0.25) is 0 Å². The highest BCUT2D eigenvalue weighted by molar-refractivity contribution is 5.93. The van der Waals surface area contributed by atoms with E-state index in [0.29, 0.717) is 0 Å². The monoisotopic (exact) mass is 191 g/mol. The summed E-state index contributed by atoms with van der Waals surface area (Å²) in [7, 11) is 0. The molecule has 0 radical (unpaired) electrons. The maximum Gasteiger partial charge on any atom is 0.103 e. The lowest BCUT2D eigenvalue weighted by Gasteiger charge is -1.85. The summed E-state index contributed by atoms with van der Waals surface area (Å²) >= 11 is 0. The Morgan fingerprint density at radius 1 is 0.667 bits per heavy atom. The lowest BCUT2D eigenvalue weighted by Crippen LogP contribution is -1.64. The van der Waals surface area contributed by atoms with Gasteiger partial charge in [0.15, 0.2) is 0 Å². The molecule has 15 heavy (non-hydrogen) atoms. The van der Waals surface area contributed by atoms with Crippen molar-refractivity contribution in [3.63, 3.8) is 0 Å². The summed E-state index contributed by atoms with van der Waals surface area (Å²) in [6.45, 7) is 0. The average Bonchev–Trinajstić information content (AvgIpc) is 2.48. The van der Waals surface area contributed by atoms with Gasteiger partial charge in [0.05, 0.1) is 5.39 Å². The molecule has 0 aromatic heterocycles. The van der Waals surface area contributed by atoms with Gasteiger partial charge in [-0.2, -0.15) is 0 Å². The van der Waals surface area contributed by atoms with Crippen LogP contribution in [0.4, 0.5) is 0 Å². The molecular weight excluding hydrogens is 180 g/mol. The van der Waals surface area contributed by atoms with Crippen molar-refractivity contribution in [2.24, 2.45) is 0 Å². The third-order valence-corrected chi connectivity index (χ3v) is 2.75. The molecular formula is C15H11+. The van der Waals surface area contributed by atoms with E-state index >= 15 is 0 Å². The van der Waals surface area contributed by atoms with Gasteiger partial charge < -0.3 is 0 Å². The van der Waals surface area contributed by atoms with Gasteiger partial charge in [-0.15, -0.1) is 0 Å². The fraction of sp³-hybridized carbons (Fsp3) is 0. The smallest absolute Gasteiger partial charge is 0.0599 e. The van der Waals surface area contributed by atoms with Crippen LogP contribution in [0.25, 0.3) is 21.5 Å². The minimum atomic E-state index is 1.29. The highest BCUT2D eigenvalue weighted by Gasteiger charge is 1.99. The molecule has 0 aliphatic heterocycles. The molecule has 3 aromatic rings. The fourth-order valence-electron chi connectivity index (χ4n) is 1.94. The molecule has 0 atom stereocenters. The number of benzene rings is 2. The van der Waals surface area contributed by atoms with Crippen molar-refractivity contribution in [3.8, 4) is 0 Å². The topological polar surface area (TPSA) is 0 Å². The predicted octanol–water partition coefficient (Wildman–Crippen LogP) is 4.27. The van der Waals surface area contributed by atoms with E-state index in [0.717, 1.165) is 0 Å². The fourth-order valence-corrected chi connectivity index (χ4v) is 1.94. The molecule has 0 aliphatic rings. The van der Waals surface area contributed by atoms with Crippen molar-refractivity contribution in [2.75, 3.05) is 0 Å². The zero-order valence-corrected chi connectivity index (χ0v) is 8.35. The molecule has 3 aromatic carbocycles. The normalized spacial score (nSPS) is 10.7. The minimum absolute atomic E-state index is 1.29. The van der Waals surface area contributed by atoms with Crippen LogP contribution >= 0.6 is 0 Å². The summed E-state index contributed by atoms with van der Waals surface area (Å²) in [6, 6.07) is 23.5. The Morgan fingerprint density at radius 2 is 1.33 bits per heavy atom. The molecule has 0 amide bonds. The van der Waals surface area contributed by atoms with Gasteiger partial charge >= 0.3 is 0 Å². The van der Waals surface area contributed by atoms with Gasteiger partial charge in [0.25, 0.3) is 0 Å². The van der Waals surface area contributed by atoms with Gasteiger partial charge in [-0.25, -0.2) is 0 Å². The second kappa shape index (κ2) is 3.32. The molecule has 70 valence electrons. The number of fused-ring (bicyclic) bond motifs is 2. The van der Waals surface area contributed by atoms with Crippen LogP contribution in [0.3, 0.4) is 0 Å². The van der Waals surface area contributed by atoms with Crippen LogP contribution in [-0.2, 0) is 0 Å². The summed E-state index contributed by atoms with van der Waals surface area (Å²) in [6.07, 6.45) is 0. The van der Waals surface area contributed by atoms with Crippen LogP contribution < -0.4 is 0 Å². The van der Waals surface area contributed by atoms with Crippen LogP contribution in [0.15, 0.2) is 66.7 Å². The van der Waals surface area contributed by atoms with Crippen molar-refractivity contribution in [1.29, 1.82) is 0 Å². The molecule has 0 nitrogen and oxygen atoms in total. The Balaban J connectivity index is 2.54. The molecule has 0 heteroatoms. The first-order chi connectivity index (χ1) is 7.43. The van der Waals surface area contributed by atoms with Crippen molar-refractivity contribution in [3.05, 3.63) is 66.7 Å². The Labute approximate surface area is 88.8 Å². The second-order valence-corrected chi connectivity index (χ2v) is 3.74. The van der Waals surface area contributed by atoms with Crippen LogP contribution in [0, 0.1) is 0 Å². The van der Waals surface area contributed by atoms with Crippen molar-refractivity contribution >= 4 is 21.5 Å². The standard InChI is InChI=1S/C15H11/c1-3-7-14-11-15-8-4-2-6-13(15)10-9-12(14)5-1/h1-11H/q+1. The third-order valence-electron chi connectivity index (χ3n) is 2.75. The van der Waals surface area contributed by atoms with Crippen LogP contribution in [0.2, 0.25) is 0 Å². The maximum atomic E-state index is 2.24. The summed E-state index contributed by atoms with van der Waals surface area (Å²) in [5.41, 5.74) is 0. The summed E-state index contributed by atoms with van der Waals surface area (Å²) in [5.74, 6) is 0. The first-order valence-electron chi connectivity index (χ1n) is 5.14. The quantitative estimate of drug-likeness (QED) is 0.465. The maximum absolute atomic E-state index is 2.24. The molecule has 0 spiro atoms. The van der Waals surface area contributed by atoms with E-state index in [1.165, 1.54) is 21.5 Å². The minimum Gasteiger partial charge on any atom is -0.0599 e. The van der Waals surface area contributed by atoms with Crippen molar-refractivity contribution < 1.29 is 0 Å².